The normalized spacial score (nSPS) is 11.1. The number of furan rings is 1. The van der Waals surface area contributed by atoms with Gasteiger partial charge in [0, 0.05) is 11.5 Å². The molecule has 0 spiro atoms. The highest BCUT2D eigenvalue weighted by molar-refractivity contribution is 6.03. The molecule has 0 saturated heterocycles. The molecule has 0 aliphatic carbocycles. The second-order valence-electron chi connectivity index (χ2n) is 3.65. The Labute approximate surface area is 94.3 Å². The summed E-state index contributed by atoms with van der Waals surface area (Å²) in [6.07, 6.45) is 0. The zero-order valence-corrected chi connectivity index (χ0v) is 8.56. The number of aromatic amines is 1. The molecule has 0 aliphatic heterocycles. The number of pyridine rings is 1. The molecular formula is C12H7NO4. The van der Waals surface area contributed by atoms with Crippen LogP contribution in [0.15, 0.2) is 39.5 Å². The van der Waals surface area contributed by atoms with E-state index in [4.69, 9.17) is 9.52 Å². The summed E-state index contributed by atoms with van der Waals surface area (Å²) in [4.78, 5) is 24.9. The van der Waals surface area contributed by atoms with Gasteiger partial charge in [-0.15, -0.1) is 0 Å². The molecule has 2 aromatic heterocycles. The topological polar surface area (TPSA) is 83.3 Å². The van der Waals surface area contributed by atoms with E-state index in [-0.39, 0.29) is 5.56 Å². The van der Waals surface area contributed by atoms with E-state index < -0.39 is 11.5 Å². The van der Waals surface area contributed by atoms with Gasteiger partial charge in [0.2, 0.25) is 0 Å². The number of fused-ring (bicyclic) bond motifs is 3. The molecule has 5 nitrogen and oxygen atoms in total. The van der Waals surface area contributed by atoms with Gasteiger partial charge in [-0.2, -0.15) is 0 Å². The number of aromatic carboxylic acids is 1. The Morgan fingerprint density at radius 3 is 2.76 bits per heavy atom. The number of hydrogen-bond donors (Lipinski definition) is 2. The van der Waals surface area contributed by atoms with Crippen LogP contribution >= 0.6 is 0 Å². The van der Waals surface area contributed by atoms with E-state index in [0.29, 0.717) is 16.7 Å². The highest BCUT2D eigenvalue weighted by atomic mass is 16.4. The lowest BCUT2D eigenvalue weighted by molar-refractivity contribution is 0.0695. The molecule has 0 amide bonds. The van der Waals surface area contributed by atoms with E-state index >= 15 is 0 Å². The number of carbonyl (C=O) groups is 1. The maximum absolute atomic E-state index is 11.5. The van der Waals surface area contributed by atoms with Crippen molar-refractivity contribution in [3.63, 3.8) is 0 Å². The smallest absolute Gasteiger partial charge is 0.341 e. The van der Waals surface area contributed by atoms with Crippen LogP contribution in [0.4, 0.5) is 0 Å². The fourth-order valence-electron chi connectivity index (χ4n) is 1.83. The Bertz CT molecular complexity index is 797. The van der Waals surface area contributed by atoms with Crippen LogP contribution in [0.5, 0.6) is 0 Å². The van der Waals surface area contributed by atoms with Crippen molar-refractivity contribution in [1.82, 2.24) is 4.98 Å². The third-order valence-electron chi connectivity index (χ3n) is 2.61. The molecule has 84 valence electrons. The lowest BCUT2D eigenvalue weighted by atomic mass is 10.2. The van der Waals surface area contributed by atoms with Crippen molar-refractivity contribution in [2.24, 2.45) is 0 Å². The van der Waals surface area contributed by atoms with E-state index in [1.165, 1.54) is 6.07 Å². The van der Waals surface area contributed by atoms with Gasteiger partial charge in [-0.3, -0.25) is 4.79 Å². The second-order valence-corrected chi connectivity index (χ2v) is 3.65. The van der Waals surface area contributed by atoms with Gasteiger partial charge in [-0.25, -0.2) is 4.79 Å². The van der Waals surface area contributed by atoms with Crippen LogP contribution < -0.4 is 5.56 Å². The summed E-state index contributed by atoms with van der Waals surface area (Å²) in [5.41, 5.74) is 0.549. The van der Waals surface area contributed by atoms with Crippen LogP contribution in [0.3, 0.4) is 0 Å². The molecule has 3 rings (SSSR count). The first-order valence-corrected chi connectivity index (χ1v) is 4.94. The van der Waals surface area contributed by atoms with Crippen molar-refractivity contribution in [2.45, 2.75) is 0 Å². The van der Waals surface area contributed by atoms with Crippen molar-refractivity contribution in [1.29, 1.82) is 0 Å². The average molecular weight is 229 g/mol. The molecular weight excluding hydrogens is 222 g/mol. The number of hydrogen-bond acceptors (Lipinski definition) is 3. The monoisotopic (exact) mass is 229 g/mol. The van der Waals surface area contributed by atoms with Crippen molar-refractivity contribution < 1.29 is 14.3 Å². The molecule has 2 heterocycles. The van der Waals surface area contributed by atoms with E-state index in [2.05, 4.69) is 4.98 Å². The van der Waals surface area contributed by atoms with E-state index in [0.717, 1.165) is 5.39 Å². The third-order valence-corrected chi connectivity index (χ3v) is 2.61. The first kappa shape index (κ1) is 9.65. The van der Waals surface area contributed by atoms with E-state index in [9.17, 15) is 9.59 Å². The molecule has 0 radical (unpaired) electrons. The van der Waals surface area contributed by atoms with Gasteiger partial charge in [0.1, 0.15) is 11.1 Å². The summed E-state index contributed by atoms with van der Waals surface area (Å²) in [5.74, 6) is -1.27. The number of nitrogens with one attached hydrogen (secondary N) is 1. The van der Waals surface area contributed by atoms with Gasteiger partial charge >= 0.3 is 5.97 Å². The molecule has 17 heavy (non-hydrogen) atoms. The van der Waals surface area contributed by atoms with Crippen LogP contribution in [-0.4, -0.2) is 16.1 Å². The maximum atomic E-state index is 11.5. The molecule has 0 bridgehead atoms. The number of aromatic nitrogens is 1. The van der Waals surface area contributed by atoms with E-state index in [1.807, 2.05) is 6.07 Å². The fourth-order valence-corrected chi connectivity index (χ4v) is 1.83. The maximum Gasteiger partial charge on any atom is 0.341 e. The molecule has 0 aliphatic rings. The molecule has 0 atom stereocenters. The Hall–Kier alpha value is -2.56. The SMILES string of the molecule is O=C(O)c1cc2oc3ccccc3c2[nH]c1=O. The van der Waals surface area contributed by atoms with Crippen molar-refractivity contribution in [3.05, 3.63) is 46.2 Å². The van der Waals surface area contributed by atoms with Crippen LogP contribution in [0, 0.1) is 0 Å². The first-order valence-electron chi connectivity index (χ1n) is 4.94. The largest absolute Gasteiger partial charge is 0.477 e. The van der Waals surface area contributed by atoms with Gasteiger partial charge in [0.15, 0.2) is 5.58 Å². The minimum absolute atomic E-state index is 0.323. The van der Waals surface area contributed by atoms with Crippen molar-refractivity contribution in [2.75, 3.05) is 0 Å². The highest BCUT2D eigenvalue weighted by Crippen LogP contribution is 2.25. The average Bonchev–Trinajstić information content (AvgIpc) is 2.65. The number of rotatable bonds is 1. The lowest BCUT2D eigenvalue weighted by Gasteiger charge is -1.93. The second kappa shape index (κ2) is 3.21. The highest BCUT2D eigenvalue weighted by Gasteiger charge is 2.14. The number of carboxylic acid groups (broad SMARTS) is 1. The quantitative estimate of drug-likeness (QED) is 0.668. The first-order chi connectivity index (χ1) is 8.16. The summed E-state index contributed by atoms with van der Waals surface area (Å²) in [7, 11) is 0. The molecule has 5 heteroatoms. The standard InChI is InChI=1S/C12H7NO4/c14-11-7(12(15)16)5-9-10(13-11)6-3-1-2-4-8(6)17-9/h1-5H,(H,13,14)(H,15,16). The summed E-state index contributed by atoms with van der Waals surface area (Å²) < 4.78 is 5.46. The summed E-state index contributed by atoms with van der Waals surface area (Å²) in [6, 6.07) is 8.43. The van der Waals surface area contributed by atoms with Crippen LogP contribution in [0.25, 0.3) is 22.1 Å². The predicted octanol–water partition coefficient (Wildman–Crippen LogP) is 1.97. The third kappa shape index (κ3) is 1.32. The molecule has 0 unspecified atom stereocenters. The molecule has 0 fully saturated rings. The number of para-hydroxylation sites is 1. The number of H-pyrrole nitrogens is 1. The van der Waals surface area contributed by atoms with Crippen LogP contribution in [0.1, 0.15) is 10.4 Å². The number of benzene rings is 1. The van der Waals surface area contributed by atoms with Gasteiger partial charge in [-0.05, 0) is 12.1 Å². The van der Waals surface area contributed by atoms with Crippen molar-refractivity contribution in [3.8, 4) is 0 Å². The predicted molar refractivity (Wildman–Crippen MR) is 61.3 cm³/mol. The van der Waals surface area contributed by atoms with Gasteiger partial charge in [0.25, 0.3) is 5.56 Å². The molecule has 0 saturated carbocycles. The molecule has 3 aromatic rings. The molecule has 1 aromatic carbocycles. The Balaban J connectivity index is 2.50. The van der Waals surface area contributed by atoms with Gasteiger partial charge < -0.3 is 14.5 Å². The molecule has 2 N–H and O–H groups in total. The minimum Gasteiger partial charge on any atom is -0.477 e. The summed E-state index contributed by atoms with van der Waals surface area (Å²) in [6.45, 7) is 0. The summed E-state index contributed by atoms with van der Waals surface area (Å²) >= 11 is 0. The minimum atomic E-state index is -1.27. The van der Waals surface area contributed by atoms with Crippen LogP contribution in [-0.2, 0) is 0 Å². The van der Waals surface area contributed by atoms with Crippen molar-refractivity contribution >= 4 is 28.0 Å². The van der Waals surface area contributed by atoms with Gasteiger partial charge in [0.05, 0.1) is 5.52 Å². The Kier molecular flexibility index (Phi) is 1.82. The van der Waals surface area contributed by atoms with E-state index in [1.54, 1.807) is 18.2 Å². The van der Waals surface area contributed by atoms with Crippen LogP contribution in [0.2, 0.25) is 0 Å². The Morgan fingerprint density at radius 2 is 2.00 bits per heavy atom. The zero-order chi connectivity index (χ0) is 12.0. The number of carboxylic acids is 1. The zero-order valence-electron chi connectivity index (χ0n) is 8.56. The summed E-state index contributed by atoms with van der Waals surface area (Å²) in [5, 5.41) is 9.60. The lowest BCUT2D eigenvalue weighted by Crippen LogP contribution is -2.16. The van der Waals surface area contributed by atoms with Gasteiger partial charge in [-0.1, -0.05) is 12.1 Å². The fraction of sp³-hybridized carbons (Fsp3) is 0. The Morgan fingerprint density at radius 1 is 1.24 bits per heavy atom.